The predicted molar refractivity (Wildman–Crippen MR) is 121 cm³/mol. The first-order chi connectivity index (χ1) is 15.2. The van der Waals surface area contributed by atoms with E-state index in [0.29, 0.717) is 11.4 Å². The largest absolute Gasteiger partial charge is 0.478 e. The summed E-state index contributed by atoms with van der Waals surface area (Å²) in [6, 6.07) is 10.5. The summed E-state index contributed by atoms with van der Waals surface area (Å²) >= 11 is 12.0. The number of rotatable bonds is 8. The maximum atomic E-state index is 12.8. The van der Waals surface area contributed by atoms with Crippen LogP contribution in [0.4, 0.5) is 5.82 Å². The SMILES string of the molecule is COc1nc(Oc2ccc([C@H](N)CO)cc2)c(C)nc1NS(=O)(=O)c1cccc(Cl)c1Cl. The Hall–Kier alpha value is -2.63. The van der Waals surface area contributed by atoms with Crippen LogP contribution in [-0.2, 0) is 10.0 Å². The summed E-state index contributed by atoms with van der Waals surface area (Å²) < 4.78 is 38.9. The third-order valence-electron chi connectivity index (χ3n) is 4.34. The van der Waals surface area contributed by atoms with Crippen LogP contribution in [0.15, 0.2) is 47.4 Å². The van der Waals surface area contributed by atoms with Gasteiger partial charge in [0.15, 0.2) is 0 Å². The number of nitrogens with zero attached hydrogens (tertiary/aromatic N) is 2. The van der Waals surface area contributed by atoms with Gasteiger partial charge in [-0.25, -0.2) is 13.4 Å². The molecule has 9 nitrogen and oxygen atoms in total. The molecular weight excluding hydrogens is 479 g/mol. The van der Waals surface area contributed by atoms with Crippen molar-refractivity contribution in [1.82, 2.24) is 9.97 Å². The highest BCUT2D eigenvalue weighted by molar-refractivity contribution is 7.92. The molecule has 0 unspecified atom stereocenters. The molecule has 0 fully saturated rings. The second-order valence-electron chi connectivity index (χ2n) is 6.59. The van der Waals surface area contributed by atoms with Crippen LogP contribution in [0.25, 0.3) is 0 Å². The normalized spacial score (nSPS) is 12.3. The van der Waals surface area contributed by atoms with Crippen LogP contribution in [0, 0.1) is 6.92 Å². The van der Waals surface area contributed by atoms with Gasteiger partial charge in [0.05, 0.1) is 29.8 Å². The molecule has 0 bridgehead atoms. The molecule has 3 aromatic rings. The number of anilines is 1. The van der Waals surface area contributed by atoms with Crippen molar-refractivity contribution in [2.75, 3.05) is 18.4 Å². The Morgan fingerprint density at radius 1 is 1.12 bits per heavy atom. The van der Waals surface area contributed by atoms with E-state index in [0.717, 1.165) is 5.56 Å². The first-order valence-electron chi connectivity index (χ1n) is 9.20. The zero-order chi connectivity index (χ0) is 23.5. The highest BCUT2D eigenvalue weighted by atomic mass is 35.5. The van der Waals surface area contributed by atoms with Crippen molar-refractivity contribution in [3.8, 4) is 17.5 Å². The lowest BCUT2D eigenvalue weighted by atomic mass is 10.1. The average Bonchev–Trinajstić information content (AvgIpc) is 2.77. The molecule has 1 atom stereocenters. The maximum Gasteiger partial charge on any atom is 0.264 e. The van der Waals surface area contributed by atoms with Crippen molar-refractivity contribution in [1.29, 1.82) is 0 Å². The minimum Gasteiger partial charge on any atom is -0.478 e. The van der Waals surface area contributed by atoms with Crippen LogP contribution in [-0.4, -0.2) is 37.2 Å². The van der Waals surface area contributed by atoms with Crippen molar-refractivity contribution in [2.24, 2.45) is 5.73 Å². The molecule has 170 valence electrons. The van der Waals surface area contributed by atoms with Gasteiger partial charge in [0.2, 0.25) is 11.7 Å². The minimum absolute atomic E-state index is 0.0958. The fourth-order valence-corrected chi connectivity index (χ4v) is 4.43. The summed E-state index contributed by atoms with van der Waals surface area (Å²) in [5.74, 6) is 0.311. The van der Waals surface area contributed by atoms with Crippen molar-refractivity contribution < 1.29 is 23.0 Å². The third-order valence-corrected chi connectivity index (χ3v) is 6.66. The summed E-state index contributed by atoms with van der Waals surface area (Å²) in [5, 5.41) is 9.12. The van der Waals surface area contributed by atoms with Gasteiger partial charge in [-0.2, -0.15) is 4.98 Å². The van der Waals surface area contributed by atoms with Crippen LogP contribution in [0.5, 0.6) is 17.5 Å². The fourth-order valence-electron chi connectivity index (χ4n) is 2.67. The number of aromatic nitrogens is 2. The molecule has 0 saturated heterocycles. The van der Waals surface area contributed by atoms with Crippen LogP contribution in [0.2, 0.25) is 10.0 Å². The van der Waals surface area contributed by atoms with Crippen molar-refractivity contribution >= 4 is 39.0 Å². The van der Waals surface area contributed by atoms with Gasteiger partial charge in [0, 0.05) is 0 Å². The summed E-state index contributed by atoms with van der Waals surface area (Å²) in [5.41, 5.74) is 6.83. The lowest BCUT2D eigenvalue weighted by Crippen LogP contribution is -2.16. The molecular formula is C20H20Cl2N4O5S. The van der Waals surface area contributed by atoms with E-state index < -0.39 is 16.1 Å². The van der Waals surface area contributed by atoms with E-state index in [1.165, 1.54) is 25.3 Å². The van der Waals surface area contributed by atoms with Gasteiger partial charge in [-0.3, -0.25) is 4.72 Å². The summed E-state index contributed by atoms with van der Waals surface area (Å²) in [4.78, 5) is 8.24. The second kappa shape index (κ2) is 9.88. The number of aliphatic hydroxyl groups is 1. The number of ether oxygens (including phenoxy) is 2. The molecule has 0 saturated carbocycles. The van der Waals surface area contributed by atoms with Gasteiger partial charge in [-0.1, -0.05) is 41.4 Å². The van der Waals surface area contributed by atoms with E-state index in [4.69, 9.17) is 43.5 Å². The molecule has 0 aliphatic rings. The van der Waals surface area contributed by atoms with Gasteiger partial charge in [0.25, 0.3) is 15.9 Å². The Labute approximate surface area is 195 Å². The minimum atomic E-state index is -4.13. The van der Waals surface area contributed by atoms with Gasteiger partial charge >= 0.3 is 0 Å². The van der Waals surface area contributed by atoms with Gasteiger partial charge in [-0.15, -0.1) is 0 Å². The highest BCUT2D eigenvalue weighted by Gasteiger charge is 2.24. The maximum absolute atomic E-state index is 12.8. The van der Waals surface area contributed by atoms with Crippen molar-refractivity contribution in [3.05, 3.63) is 63.8 Å². The van der Waals surface area contributed by atoms with Crippen LogP contribution in [0.1, 0.15) is 17.3 Å². The zero-order valence-corrected chi connectivity index (χ0v) is 19.4. The number of sulfonamides is 1. The van der Waals surface area contributed by atoms with Gasteiger partial charge in [0.1, 0.15) is 16.3 Å². The summed E-state index contributed by atoms with van der Waals surface area (Å²) in [7, 11) is -2.81. The van der Waals surface area contributed by atoms with Crippen LogP contribution >= 0.6 is 23.2 Å². The Morgan fingerprint density at radius 2 is 1.81 bits per heavy atom. The van der Waals surface area contributed by atoms with Gasteiger partial charge < -0.3 is 20.3 Å². The highest BCUT2D eigenvalue weighted by Crippen LogP contribution is 2.33. The molecule has 12 heteroatoms. The molecule has 1 heterocycles. The predicted octanol–water partition coefficient (Wildman–Crippen LogP) is 3.69. The number of aliphatic hydroxyl groups excluding tert-OH is 1. The molecule has 0 aliphatic heterocycles. The van der Waals surface area contributed by atoms with Crippen molar-refractivity contribution in [2.45, 2.75) is 17.9 Å². The lowest BCUT2D eigenvalue weighted by Gasteiger charge is -2.15. The van der Waals surface area contributed by atoms with E-state index in [-0.39, 0.29) is 39.1 Å². The molecule has 2 aromatic carbocycles. The quantitative estimate of drug-likeness (QED) is 0.427. The fraction of sp³-hybridized carbons (Fsp3) is 0.200. The van der Waals surface area contributed by atoms with Crippen LogP contribution < -0.4 is 19.9 Å². The van der Waals surface area contributed by atoms with E-state index >= 15 is 0 Å². The topological polar surface area (TPSA) is 137 Å². The average molecular weight is 499 g/mol. The second-order valence-corrected chi connectivity index (χ2v) is 9.03. The molecule has 0 amide bonds. The monoisotopic (exact) mass is 498 g/mol. The van der Waals surface area contributed by atoms with Crippen molar-refractivity contribution in [3.63, 3.8) is 0 Å². The first-order valence-corrected chi connectivity index (χ1v) is 11.4. The summed E-state index contributed by atoms with van der Waals surface area (Å²) in [6.07, 6.45) is 0. The molecule has 32 heavy (non-hydrogen) atoms. The standard InChI is InChI=1S/C20H20Cl2N4O5S/c1-11-19(31-13-8-6-12(7-9-13)15(23)10-27)25-20(30-2)18(24-11)26-32(28,29)16-5-3-4-14(21)17(16)22/h3-9,15,27H,10,23H2,1-2H3,(H,24,26)/t15-/m1/s1. The van der Waals surface area contributed by atoms with E-state index in [1.54, 1.807) is 31.2 Å². The number of hydrogen-bond acceptors (Lipinski definition) is 8. The molecule has 0 spiro atoms. The first kappa shape index (κ1) is 24.0. The number of methoxy groups -OCH3 is 1. The number of aryl methyl sites for hydroxylation is 1. The zero-order valence-electron chi connectivity index (χ0n) is 17.0. The van der Waals surface area contributed by atoms with Crippen LogP contribution in [0.3, 0.4) is 0 Å². The Balaban J connectivity index is 1.89. The molecule has 3 rings (SSSR count). The summed E-state index contributed by atoms with van der Waals surface area (Å²) in [6.45, 7) is 1.42. The Kier molecular flexibility index (Phi) is 7.42. The molecule has 0 radical (unpaired) electrons. The number of hydrogen-bond donors (Lipinski definition) is 3. The number of nitrogens with two attached hydrogens (primary N) is 1. The van der Waals surface area contributed by atoms with Gasteiger partial charge in [-0.05, 0) is 36.8 Å². The number of nitrogens with one attached hydrogen (secondary N) is 1. The Morgan fingerprint density at radius 3 is 2.44 bits per heavy atom. The molecule has 4 N–H and O–H groups in total. The van der Waals surface area contributed by atoms with E-state index in [9.17, 15) is 8.42 Å². The third kappa shape index (κ3) is 5.22. The number of benzene rings is 2. The lowest BCUT2D eigenvalue weighted by molar-refractivity contribution is 0.268. The van der Waals surface area contributed by atoms with E-state index in [1.807, 2.05) is 0 Å². The molecule has 0 aliphatic carbocycles. The van der Waals surface area contributed by atoms with E-state index in [2.05, 4.69) is 14.7 Å². The smallest absolute Gasteiger partial charge is 0.264 e. The molecule has 1 aromatic heterocycles. The number of halogens is 2. The Bertz CT molecular complexity index is 1220.